The van der Waals surface area contributed by atoms with Gasteiger partial charge in [0.05, 0.1) is 19.8 Å². The van der Waals surface area contributed by atoms with Crippen LogP contribution in [0.2, 0.25) is 0 Å². The minimum atomic E-state index is -0.652. The number of ether oxygens (including phenoxy) is 2. The lowest BCUT2D eigenvalue weighted by atomic mass is 9.95. The molecule has 0 aromatic rings. The lowest BCUT2D eigenvalue weighted by molar-refractivity contribution is -0.145. The smallest absolute Gasteiger partial charge is 0.305 e. The van der Waals surface area contributed by atoms with Crippen molar-refractivity contribution in [3.05, 3.63) is 0 Å². The molecular formula is C57H116N2O5. The van der Waals surface area contributed by atoms with Gasteiger partial charge >= 0.3 is 5.97 Å². The Balaban J connectivity index is 4.96. The first-order valence-electron chi connectivity index (χ1n) is 28.9. The van der Waals surface area contributed by atoms with Gasteiger partial charge < -0.3 is 24.6 Å². The number of aliphatic hydroxyl groups excluding tert-OH is 2. The van der Waals surface area contributed by atoms with Crippen LogP contribution >= 0.6 is 0 Å². The molecule has 0 aliphatic heterocycles. The minimum absolute atomic E-state index is 0.00478. The lowest BCUT2D eigenvalue weighted by Crippen LogP contribution is -2.38. The number of esters is 1. The molecule has 7 nitrogen and oxygen atoms in total. The Kier molecular flexibility index (Phi) is 51.1. The molecular weight excluding hydrogens is 793 g/mol. The van der Waals surface area contributed by atoms with Crippen molar-refractivity contribution in [2.45, 2.75) is 291 Å². The summed E-state index contributed by atoms with van der Waals surface area (Å²) in [4.78, 5) is 18.0. The first-order chi connectivity index (χ1) is 31.4. The zero-order chi connectivity index (χ0) is 46.8. The Labute approximate surface area is 401 Å². The SMILES string of the molecule is CCCCCCCCCN(CCO)CCN(CCCCCC(=O)OCC(CCCCCC)CCCCCCCC)CCCCCC(O)OCC(CCCCCC)CCCCCCCC. The molecule has 3 atom stereocenters. The van der Waals surface area contributed by atoms with Gasteiger partial charge in [0.1, 0.15) is 0 Å². The fraction of sp³-hybridized carbons (Fsp3) is 0.982. The maximum absolute atomic E-state index is 12.9. The molecule has 2 N–H and O–H groups in total. The van der Waals surface area contributed by atoms with E-state index in [1.54, 1.807) is 0 Å². The molecule has 0 aromatic heterocycles. The Bertz CT molecular complexity index is 907. The van der Waals surface area contributed by atoms with Crippen molar-refractivity contribution in [3.8, 4) is 0 Å². The first-order valence-corrected chi connectivity index (χ1v) is 28.9. The van der Waals surface area contributed by atoms with E-state index in [2.05, 4.69) is 44.4 Å². The van der Waals surface area contributed by atoms with Gasteiger partial charge in [-0.1, -0.05) is 214 Å². The van der Waals surface area contributed by atoms with Crippen LogP contribution in [0.15, 0.2) is 0 Å². The van der Waals surface area contributed by atoms with Crippen LogP contribution in [0, 0.1) is 11.8 Å². The van der Waals surface area contributed by atoms with E-state index in [0.29, 0.717) is 31.5 Å². The maximum Gasteiger partial charge on any atom is 0.305 e. The molecule has 0 bridgehead atoms. The second-order valence-corrected chi connectivity index (χ2v) is 20.2. The van der Waals surface area contributed by atoms with Crippen molar-refractivity contribution in [3.63, 3.8) is 0 Å². The predicted molar refractivity (Wildman–Crippen MR) is 278 cm³/mol. The average molecular weight is 910 g/mol. The van der Waals surface area contributed by atoms with Gasteiger partial charge in [0, 0.05) is 26.1 Å². The summed E-state index contributed by atoms with van der Waals surface area (Å²) in [6.07, 6.45) is 47.1. The summed E-state index contributed by atoms with van der Waals surface area (Å²) in [5, 5.41) is 20.7. The average Bonchev–Trinajstić information content (AvgIpc) is 3.29. The van der Waals surface area contributed by atoms with Gasteiger partial charge in [0.15, 0.2) is 6.29 Å². The van der Waals surface area contributed by atoms with E-state index >= 15 is 0 Å². The Hall–Kier alpha value is -0.730. The van der Waals surface area contributed by atoms with Crippen LogP contribution in [0.25, 0.3) is 0 Å². The number of carbonyl (C=O) groups is 1. The molecule has 3 unspecified atom stereocenters. The van der Waals surface area contributed by atoms with Gasteiger partial charge in [-0.05, 0) is 95.7 Å². The maximum atomic E-state index is 12.9. The van der Waals surface area contributed by atoms with Crippen LogP contribution < -0.4 is 0 Å². The zero-order valence-corrected chi connectivity index (χ0v) is 44.2. The number of aliphatic hydroxyl groups is 2. The molecule has 0 aliphatic rings. The third kappa shape index (κ3) is 45.1. The molecule has 384 valence electrons. The highest BCUT2D eigenvalue weighted by atomic mass is 16.6. The number of hydrogen-bond donors (Lipinski definition) is 2. The summed E-state index contributed by atoms with van der Waals surface area (Å²) in [5.74, 6) is 1.09. The minimum Gasteiger partial charge on any atom is -0.465 e. The number of unbranched alkanes of at least 4 members (excludes halogenated alkanes) is 26. The van der Waals surface area contributed by atoms with Crippen molar-refractivity contribution in [2.24, 2.45) is 11.8 Å². The van der Waals surface area contributed by atoms with Crippen molar-refractivity contribution < 1.29 is 24.5 Å². The third-order valence-electron chi connectivity index (χ3n) is 13.9. The summed E-state index contributed by atoms with van der Waals surface area (Å²) in [6.45, 7) is 18.8. The van der Waals surface area contributed by atoms with E-state index in [-0.39, 0.29) is 12.6 Å². The Morgan fingerprint density at radius 1 is 0.391 bits per heavy atom. The molecule has 64 heavy (non-hydrogen) atoms. The molecule has 0 rings (SSSR count). The van der Waals surface area contributed by atoms with Gasteiger partial charge in [-0.2, -0.15) is 0 Å². The highest BCUT2D eigenvalue weighted by Crippen LogP contribution is 2.22. The van der Waals surface area contributed by atoms with Gasteiger partial charge in [-0.15, -0.1) is 0 Å². The predicted octanol–water partition coefficient (Wildman–Crippen LogP) is 16.0. The second-order valence-electron chi connectivity index (χ2n) is 20.2. The zero-order valence-electron chi connectivity index (χ0n) is 44.2. The van der Waals surface area contributed by atoms with E-state index in [0.717, 1.165) is 84.2 Å². The molecule has 0 spiro atoms. The molecule has 0 heterocycles. The normalized spacial score (nSPS) is 13.3. The second kappa shape index (κ2) is 51.7. The van der Waals surface area contributed by atoms with Gasteiger partial charge in [-0.3, -0.25) is 9.69 Å². The first kappa shape index (κ1) is 63.3. The third-order valence-corrected chi connectivity index (χ3v) is 13.9. The van der Waals surface area contributed by atoms with E-state index in [9.17, 15) is 15.0 Å². The van der Waals surface area contributed by atoms with Crippen LogP contribution in [0.5, 0.6) is 0 Å². The van der Waals surface area contributed by atoms with E-state index in [1.807, 2.05) is 0 Å². The summed E-state index contributed by atoms with van der Waals surface area (Å²) in [5.41, 5.74) is 0. The van der Waals surface area contributed by atoms with E-state index < -0.39 is 6.29 Å². The monoisotopic (exact) mass is 909 g/mol. The molecule has 0 saturated carbocycles. The fourth-order valence-electron chi connectivity index (χ4n) is 9.38. The van der Waals surface area contributed by atoms with Gasteiger partial charge in [0.2, 0.25) is 0 Å². The van der Waals surface area contributed by atoms with Crippen LogP contribution in [-0.4, -0.2) is 91.4 Å². The van der Waals surface area contributed by atoms with Crippen LogP contribution in [0.4, 0.5) is 0 Å². The fourth-order valence-corrected chi connectivity index (χ4v) is 9.38. The van der Waals surface area contributed by atoms with Crippen molar-refractivity contribution >= 4 is 5.97 Å². The summed E-state index contributed by atoms with van der Waals surface area (Å²) < 4.78 is 12.0. The van der Waals surface area contributed by atoms with Crippen LogP contribution in [-0.2, 0) is 14.3 Å². The van der Waals surface area contributed by atoms with E-state index in [4.69, 9.17) is 9.47 Å². The molecule has 0 saturated heterocycles. The number of nitrogens with zero attached hydrogens (tertiary/aromatic N) is 2. The standard InChI is InChI=1S/C57H116N2O5/c1-6-11-16-21-24-27-36-47-59(50-51-60)49-48-58(45-37-28-34-43-56(61)63-52-54(39-30-19-14-9-4)41-32-25-22-17-12-7-2)46-38-29-35-44-57(62)64-53-55(40-31-20-15-10-5)42-33-26-23-18-13-8-3/h54-56,60-61H,6-53H2,1-5H3. The van der Waals surface area contributed by atoms with Crippen molar-refractivity contribution in [1.82, 2.24) is 9.80 Å². The number of carbonyl (C=O) groups excluding carboxylic acids is 1. The highest BCUT2D eigenvalue weighted by molar-refractivity contribution is 5.69. The molecule has 0 aromatic carbocycles. The molecule has 0 amide bonds. The van der Waals surface area contributed by atoms with Gasteiger partial charge in [0.25, 0.3) is 0 Å². The highest BCUT2D eigenvalue weighted by Gasteiger charge is 2.15. The molecule has 7 heteroatoms. The quantitative estimate of drug-likeness (QED) is 0.0357. The summed E-state index contributed by atoms with van der Waals surface area (Å²) >= 11 is 0. The topological polar surface area (TPSA) is 82.5 Å². The molecule has 0 radical (unpaired) electrons. The summed E-state index contributed by atoms with van der Waals surface area (Å²) in [6, 6.07) is 0. The largest absolute Gasteiger partial charge is 0.465 e. The molecule has 0 fully saturated rings. The van der Waals surface area contributed by atoms with Crippen molar-refractivity contribution in [2.75, 3.05) is 59.1 Å². The van der Waals surface area contributed by atoms with Crippen molar-refractivity contribution in [1.29, 1.82) is 0 Å². The Morgan fingerprint density at radius 3 is 1.16 bits per heavy atom. The van der Waals surface area contributed by atoms with E-state index in [1.165, 1.54) is 199 Å². The molecule has 0 aliphatic carbocycles. The summed E-state index contributed by atoms with van der Waals surface area (Å²) in [7, 11) is 0. The van der Waals surface area contributed by atoms with Crippen LogP contribution in [0.3, 0.4) is 0 Å². The number of hydrogen-bond acceptors (Lipinski definition) is 7. The Morgan fingerprint density at radius 2 is 0.719 bits per heavy atom. The van der Waals surface area contributed by atoms with Crippen LogP contribution in [0.1, 0.15) is 285 Å². The lowest BCUT2D eigenvalue weighted by Gasteiger charge is -2.27. The number of rotatable bonds is 54. The van der Waals surface area contributed by atoms with Gasteiger partial charge in [-0.25, -0.2) is 0 Å².